The normalized spacial score (nSPS) is 18.4. The van der Waals surface area contributed by atoms with Crippen LogP contribution >= 0.6 is 23.2 Å². The lowest BCUT2D eigenvalue weighted by Gasteiger charge is -2.38. The minimum atomic E-state index is -0.768. The summed E-state index contributed by atoms with van der Waals surface area (Å²) in [5.41, 5.74) is 1.51. The lowest BCUT2D eigenvalue weighted by Crippen LogP contribution is -2.52. The number of nitrogens with one attached hydrogen (secondary N) is 1. The van der Waals surface area contributed by atoms with E-state index in [9.17, 15) is 5.11 Å². The summed E-state index contributed by atoms with van der Waals surface area (Å²) in [6.07, 6.45) is 4.65. The van der Waals surface area contributed by atoms with E-state index < -0.39 is 6.35 Å². The van der Waals surface area contributed by atoms with Crippen LogP contribution in [-0.4, -0.2) is 64.5 Å². The smallest absolute Gasteiger partial charge is 0.163 e. The van der Waals surface area contributed by atoms with Gasteiger partial charge in [-0.15, -0.1) is 0 Å². The summed E-state index contributed by atoms with van der Waals surface area (Å²) in [5, 5.41) is 14.7. The highest BCUT2D eigenvalue weighted by Gasteiger charge is 2.26. The van der Waals surface area contributed by atoms with Gasteiger partial charge in [-0.1, -0.05) is 29.3 Å². The van der Waals surface area contributed by atoms with Crippen LogP contribution in [0.1, 0.15) is 31.4 Å². The Morgan fingerprint density at radius 3 is 2.46 bits per heavy atom. The van der Waals surface area contributed by atoms with Gasteiger partial charge in [0.1, 0.15) is 0 Å². The molecule has 2 N–H and O–H groups in total. The third kappa shape index (κ3) is 4.82. The van der Waals surface area contributed by atoms with E-state index in [1.165, 1.54) is 0 Å². The minimum Gasteiger partial charge on any atom is -0.365 e. The van der Waals surface area contributed by atoms with Crippen LogP contribution in [0.5, 0.6) is 0 Å². The Kier molecular flexibility index (Phi) is 7.25. The van der Waals surface area contributed by atoms with Crippen molar-refractivity contribution >= 4 is 23.2 Å². The molecular formula is C20H27Cl2N5O. The van der Waals surface area contributed by atoms with E-state index in [0.29, 0.717) is 27.5 Å². The first-order valence-electron chi connectivity index (χ1n) is 9.48. The Bertz CT molecular complexity index is 784. The summed E-state index contributed by atoms with van der Waals surface area (Å²) in [6.45, 7) is 4.05. The van der Waals surface area contributed by atoms with Gasteiger partial charge in [0, 0.05) is 30.0 Å². The molecule has 2 heterocycles. The minimum absolute atomic E-state index is 0.181. The Morgan fingerprint density at radius 2 is 1.82 bits per heavy atom. The first-order valence-corrected chi connectivity index (χ1v) is 10.2. The zero-order valence-corrected chi connectivity index (χ0v) is 18.0. The second kappa shape index (κ2) is 9.48. The molecule has 0 amide bonds. The predicted molar refractivity (Wildman–Crippen MR) is 113 cm³/mol. The van der Waals surface area contributed by atoms with Gasteiger partial charge in [-0.2, -0.15) is 0 Å². The summed E-state index contributed by atoms with van der Waals surface area (Å²) in [7, 11) is 4.08. The fourth-order valence-corrected chi connectivity index (χ4v) is 4.13. The molecule has 8 heteroatoms. The number of aliphatic hydroxyl groups excluding tert-OH is 1. The van der Waals surface area contributed by atoms with Crippen LogP contribution in [0.2, 0.25) is 10.0 Å². The number of halogens is 2. The van der Waals surface area contributed by atoms with E-state index >= 15 is 0 Å². The first kappa shape index (κ1) is 21.4. The van der Waals surface area contributed by atoms with E-state index in [1.54, 1.807) is 18.5 Å². The molecule has 0 spiro atoms. The van der Waals surface area contributed by atoms with E-state index in [2.05, 4.69) is 27.2 Å². The lowest BCUT2D eigenvalue weighted by molar-refractivity contribution is -0.0493. The van der Waals surface area contributed by atoms with Crippen molar-refractivity contribution in [1.82, 2.24) is 25.1 Å². The number of hydrogen-bond donors (Lipinski definition) is 2. The summed E-state index contributed by atoms with van der Waals surface area (Å²) >= 11 is 13.0. The zero-order valence-electron chi connectivity index (χ0n) is 16.4. The van der Waals surface area contributed by atoms with Crippen LogP contribution in [0.4, 0.5) is 0 Å². The number of aliphatic hydroxyl groups is 1. The maximum atomic E-state index is 10.7. The van der Waals surface area contributed by atoms with Crippen molar-refractivity contribution in [2.45, 2.75) is 38.2 Å². The average molecular weight is 424 g/mol. The fourth-order valence-electron chi connectivity index (χ4n) is 3.54. The summed E-state index contributed by atoms with van der Waals surface area (Å²) < 4.78 is 0. The SMILES string of the molecule is CC(NC(O)N(C)C1CCN(C)CC1)c1ccc(-c2ncccn2)c(Cl)c1Cl. The zero-order chi connectivity index (χ0) is 20.3. The number of likely N-dealkylation sites (tertiary alicyclic amines) is 1. The van der Waals surface area contributed by atoms with Crippen LogP contribution in [0.15, 0.2) is 30.6 Å². The molecule has 1 aliphatic rings. The molecule has 1 fully saturated rings. The number of hydrogen-bond acceptors (Lipinski definition) is 6. The van der Waals surface area contributed by atoms with Crippen LogP contribution in [0.3, 0.4) is 0 Å². The van der Waals surface area contributed by atoms with Gasteiger partial charge in [0.2, 0.25) is 0 Å². The molecule has 0 radical (unpaired) electrons. The highest BCUT2D eigenvalue weighted by atomic mass is 35.5. The number of aromatic nitrogens is 2. The van der Waals surface area contributed by atoms with E-state index in [4.69, 9.17) is 23.2 Å². The number of rotatable bonds is 6. The molecule has 1 aliphatic heterocycles. The predicted octanol–water partition coefficient (Wildman–Crippen LogP) is 3.40. The first-order chi connectivity index (χ1) is 13.4. The van der Waals surface area contributed by atoms with Crippen LogP contribution < -0.4 is 5.32 Å². The molecule has 2 unspecified atom stereocenters. The van der Waals surface area contributed by atoms with Crippen LogP contribution in [0.25, 0.3) is 11.4 Å². The standard InChI is InChI=1S/C20H27Cl2N5O/c1-13(25-20(28)27(3)14-7-11-26(2)12-8-14)15-5-6-16(18(22)17(15)21)19-23-9-4-10-24-19/h4-6,9-10,13-14,20,25,28H,7-8,11-12H2,1-3H3. The lowest BCUT2D eigenvalue weighted by atomic mass is 10.0. The van der Waals surface area contributed by atoms with Gasteiger partial charge in [0.15, 0.2) is 12.2 Å². The molecule has 0 bridgehead atoms. The van der Waals surface area contributed by atoms with E-state index in [1.807, 2.05) is 31.0 Å². The van der Waals surface area contributed by atoms with E-state index in [-0.39, 0.29) is 6.04 Å². The maximum Gasteiger partial charge on any atom is 0.163 e. The Labute approximate surface area is 176 Å². The molecule has 0 aliphatic carbocycles. The van der Waals surface area contributed by atoms with Gasteiger partial charge < -0.3 is 10.0 Å². The molecule has 28 heavy (non-hydrogen) atoms. The quantitative estimate of drug-likeness (QED) is 0.694. The molecule has 2 aromatic rings. The Balaban J connectivity index is 1.70. The van der Waals surface area contributed by atoms with Gasteiger partial charge in [-0.3, -0.25) is 10.2 Å². The van der Waals surface area contributed by atoms with Gasteiger partial charge in [0.05, 0.1) is 10.0 Å². The largest absolute Gasteiger partial charge is 0.365 e. The Hall–Kier alpha value is -1.28. The topological polar surface area (TPSA) is 64.5 Å². The van der Waals surface area contributed by atoms with Crippen molar-refractivity contribution < 1.29 is 5.11 Å². The molecule has 152 valence electrons. The van der Waals surface area contributed by atoms with Crippen LogP contribution in [0, 0.1) is 0 Å². The molecule has 1 aromatic carbocycles. The average Bonchev–Trinajstić information content (AvgIpc) is 2.70. The van der Waals surface area contributed by atoms with E-state index in [0.717, 1.165) is 31.5 Å². The molecule has 3 rings (SSSR count). The molecule has 2 atom stereocenters. The van der Waals surface area contributed by atoms with Gasteiger partial charge >= 0.3 is 0 Å². The highest BCUT2D eigenvalue weighted by molar-refractivity contribution is 6.44. The molecular weight excluding hydrogens is 397 g/mol. The van der Waals surface area contributed by atoms with Crippen molar-refractivity contribution in [2.75, 3.05) is 27.2 Å². The number of nitrogens with zero attached hydrogens (tertiary/aromatic N) is 4. The highest BCUT2D eigenvalue weighted by Crippen LogP contribution is 2.37. The number of benzene rings is 1. The third-order valence-corrected chi connectivity index (χ3v) is 6.33. The van der Waals surface area contributed by atoms with Crippen molar-refractivity contribution in [3.05, 3.63) is 46.2 Å². The molecule has 6 nitrogen and oxygen atoms in total. The monoisotopic (exact) mass is 423 g/mol. The van der Waals surface area contributed by atoms with Crippen molar-refractivity contribution in [3.63, 3.8) is 0 Å². The number of piperidine rings is 1. The molecule has 1 saturated heterocycles. The third-order valence-electron chi connectivity index (χ3n) is 5.43. The Morgan fingerprint density at radius 1 is 1.18 bits per heavy atom. The summed E-state index contributed by atoms with van der Waals surface area (Å²) in [5.74, 6) is 0.531. The van der Waals surface area contributed by atoms with Crippen molar-refractivity contribution in [2.24, 2.45) is 0 Å². The van der Waals surface area contributed by atoms with Crippen LogP contribution in [-0.2, 0) is 0 Å². The second-order valence-corrected chi connectivity index (χ2v) is 8.12. The summed E-state index contributed by atoms with van der Waals surface area (Å²) in [4.78, 5) is 12.8. The van der Waals surface area contributed by atoms with Gasteiger partial charge in [-0.25, -0.2) is 9.97 Å². The fraction of sp³-hybridized carbons (Fsp3) is 0.500. The van der Waals surface area contributed by atoms with Gasteiger partial charge in [0.25, 0.3) is 0 Å². The molecule has 1 aromatic heterocycles. The summed E-state index contributed by atoms with van der Waals surface area (Å²) in [6, 6.07) is 5.69. The molecule has 0 saturated carbocycles. The van der Waals surface area contributed by atoms with Crippen molar-refractivity contribution in [3.8, 4) is 11.4 Å². The second-order valence-electron chi connectivity index (χ2n) is 7.36. The maximum absolute atomic E-state index is 10.7. The van der Waals surface area contributed by atoms with Gasteiger partial charge in [-0.05, 0) is 64.6 Å². The van der Waals surface area contributed by atoms with Crippen molar-refractivity contribution in [1.29, 1.82) is 0 Å².